The van der Waals surface area contributed by atoms with Crippen LogP contribution in [0.2, 0.25) is 0 Å². The predicted octanol–water partition coefficient (Wildman–Crippen LogP) is 3.73. The summed E-state index contributed by atoms with van der Waals surface area (Å²) in [5, 5.41) is 6.23. The summed E-state index contributed by atoms with van der Waals surface area (Å²) in [6.45, 7) is 5.58. The van der Waals surface area contributed by atoms with Gasteiger partial charge in [0.25, 0.3) is 0 Å². The van der Waals surface area contributed by atoms with E-state index in [-0.39, 0.29) is 0 Å². The average Bonchev–Trinajstić information content (AvgIpc) is 2.38. The van der Waals surface area contributed by atoms with Crippen LogP contribution in [-0.4, -0.2) is 17.6 Å². The molecule has 2 aromatic rings. The molecule has 1 fully saturated rings. The summed E-state index contributed by atoms with van der Waals surface area (Å²) in [5.74, 6) is 1.51. The molecule has 1 aliphatic carbocycles. The second-order valence-electron chi connectivity index (χ2n) is 5.95. The quantitative estimate of drug-likeness (QED) is 0.899. The fraction of sp³-hybridized carbons (Fsp3) is 0.471. The van der Waals surface area contributed by atoms with Crippen molar-refractivity contribution in [3.63, 3.8) is 0 Å². The number of fused-ring (bicyclic) bond motifs is 1. The van der Waals surface area contributed by atoms with Crippen LogP contribution in [0.15, 0.2) is 36.7 Å². The smallest absolute Gasteiger partial charge is 0.0346 e. The molecule has 2 nitrogen and oxygen atoms in total. The molecule has 100 valence electrons. The maximum absolute atomic E-state index is 4.22. The molecule has 1 aliphatic rings. The van der Waals surface area contributed by atoms with Crippen molar-refractivity contribution in [2.24, 2.45) is 5.92 Å². The van der Waals surface area contributed by atoms with Gasteiger partial charge in [-0.2, -0.15) is 0 Å². The number of nitrogens with zero attached hydrogens (tertiary/aromatic N) is 1. The Morgan fingerprint density at radius 1 is 1.26 bits per heavy atom. The van der Waals surface area contributed by atoms with Crippen molar-refractivity contribution in [1.82, 2.24) is 10.3 Å². The highest BCUT2D eigenvalue weighted by Crippen LogP contribution is 2.44. The molecule has 0 amide bonds. The minimum absolute atomic E-state index is 0.581. The van der Waals surface area contributed by atoms with E-state index >= 15 is 0 Å². The molecule has 1 heterocycles. The molecule has 0 radical (unpaired) electrons. The van der Waals surface area contributed by atoms with Crippen LogP contribution < -0.4 is 5.32 Å². The zero-order valence-electron chi connectivity index (χ0n) is 11.8. The van der Waals surface area contributed by atoms with Crippen LogP contribution in [0.5, 0.6) is 0 Å². The molecule has 1 N–H and O–H groups in total. The fourth-order valence-corrected chi connectivity index (χ4v) is 3.08. The molecule has 2 heteroatoms. The van der Waals surface area contributed by atoms with Crippen molar-refractivity contribution in [3.05, 3.63) is 42.2 Å². The second kappa shape index (κ2) is 5.30. The third kappa shape index (κ3) is 2.50. The van der Waals surface area contributed by atoms with E-state index in [1.165, 1.54) is 29.2 Å². The largest absolute Gasteiger partial charge is 0.314 e. The zero-order chi connectivity index (χ0) is 13.2. The van der Waals surface area contributed by atoms with Crippen LogP contribution in [0.4, 0.5) is 0 Å². The molecule has 2 unspecified atom stereocenters. The van der Waals surface area contributed by atoms with E-state index in [9.17, 15) is 0 Å². The van der Waals surface area contributed by atoms with Crippen molar-refractivity contribution < 1.29 is 0 Å². The Kier molecular flexibility index (Phi) is 3.52. The van der Waals surface area contributed by atoms with Gasteiger partial charge in [-0.1, -0.05) is 32.0 Å². The normalized spacial score (nSPS) is 22.7. The molecule has 0 bridgehead atoms. The molecule has 1 aromatic heterocycles. The Balaban J connectivity index is 1.84. The van der Waals surface area contributed by atoms with Gasteiger partial charge < -0.3 is 5.32 Å². The lowest BCUT2D eigenvalue weighted by Crippen LogP contribution is -2.36. The number of nitrogens with one attached hydrogen (secondary N) is 1. The summed E-state index contributed by atoms with van der Waals surface area (Å²) < 4.78 is 0. The minimum atomic E-state index is 0.581. The topological polar surface area (TPSA) is 24.9 Å². The van der Waals surface area contributed by atoms with Crippen LogP contribution in [-0.2, 0) is 0 Å². The number of benzene rings is 1. The Morgan fingerprint density at radius 3 is 2.89 bits per heavy atom. The fourth-order valence-electron chi connectivity index (χ4n) is 3.08. The minimum Gasteiger partial charge on any atom is -0.314 e. The number of aromatic nitrogens is 1. The summed E-state index contributed by atoms with van der Waals surface area (Å²) in [6, 6.07) is 9.37. The SMILES string of the molecule is CC(C)NCC1CCC1c1cccc2cnccc12. The first-order valence-electron chi connectivity index (χ1n) is 7.31. The van der Waals surface area contributed by atoms with Crippen LogP contribution in [0.25, 0.3) is 10.8 Å². The lowest BCUT2D eigenvalue weighted by Gasteiger charge is -2.38. The number of hydrogen-bond donors (Lipinski definition) is 1. The molecule has 1 aromatic carbocycles. The summed E-state index contributed by atoms with van der Waals surface area (Å²) in [4.78, 5) is 4.22. The van der Waals surface area contributed by atoms with E-state index < -0.39 is 0 Å². The molecule has 19 heavy (non-hydrogen) atoms. The molecule has 2 atom stereocenters. The second-order valence-corrected chi connectivity index (χ2v) is 5.95. The first-order chi connectivity index (χ1) is 9.25. The molecular formula is C17H22N2. The van der Waals surface area contributed by atoms with E-state index in [1.807, 2.05) is 12.4 Å². The van der Waals surface area contributed by atoms with Gasteiger partial charge in [0, 0.05) is 23.8 Å². The zero-order valence-corrected chi connectivity index (χ0v) is 11.8. The lowest BCUT2D eigenvalue weighted by molar-refractivity contribution is 0.242. The molecule has 3 rings (SSSR count). The van der Waals surface area contributed by atoms with Crippen LogP contribution >= 0.6 is 0 Å². The van der Waals surface area contributed by atoms with Gasteiger partial charge >= 0.3 is 0 Å². The highest BCUT2D eigenvalue weighted by atomic mass is 14.9. The Hall–Kier alpha value is -1.41. The van der Waals surface area contributed by atoms with Gasteiger partial charge in [-0.05, 0) is 48.2 Å². The summed E-state index contributed by atoms with van der Waals surface area (Å²) in [7, 11) is 0. The van der Waals surface area contributed by atoms with Crippen molar-refractivity contribution in [1.29, 1.82) is 0 Å². The van der Waals surface area contributed by atoms with Gasteiger partial charge in [-0.25, -0.2) is 0 Å². The van der Waals surface area contributed by atoms with Crippen LogP contribution in [0.3, 0.4) is 0 Å². The molecule has 0 spiro atoms. The highest BCUT2D eigenvalue weighted by Gasteiger charge is 2.32. The van der Waals surface area contributed by atoms with Crippen molar-refractivity contribution in [2.45, 2.75) is 38.6 Å². The first-order valence-corrected chi connectivity index (χ1v) is 7.31. The van der Waals surface area contributed by atoms with Gasteiger partial charge in [-0.15, -0.1) is 0 Å². The van der Waals surface area contributed by atoms with E-state index in [1.54, 1.807) is 0 Å². The lowest BCUT2D eigenvalue weighted by atomic mass is 9.69. The Bertz CT molecular complexity index is 557. The summed E-state index contributed by atoms with van der Waals surface area (Å²) in [6.07, 6.45) is 6.56. The molecule has 0 saturated heterocycles. The van der Waals surface area contributed by atoms with Crippen molar-refractivity contribution in [3.8, 4) is 0 Å². The average molecular weight is 254 g/mol. The van der Waals surface area contributed by atoms with Crippen molar-refractivity contribution in [2.75, 3.05) is 6.54 Å². The summed E-state index contributed by atoms with van der Waals surface area (Å²) >= 11 is 0. The number of rotatable bonds is 4. The standard InChI is InChI=1S/C17H22N2/c1-12(2)19-11-14-6-7-15(14)17-5-3-4-13-10-18-9-8-16(13)17/h3-5,8-10,12,14-15,19H,6-7,11H2,1-2H3. The van der Waals surface area contributed by atoms with Gasteiger partial charge in [0.15, 0.2) is 0 Å². The number of pyridine rings is 1. The molecule has 0 aliphatic heterocycles. The summed E-state index contributed by atoms with van der Waals surface area (Å²) in [5.41, 5.74) is 1.52. The first kappa shape index (κ1) is 12.6. The van der Waals surface area contributed by atoms with E-state index in [0.717, 1.165) is 18.4 Å². The number of hydrogen-bond acceptors (Lipinski definition) is 2. The van der Waals surface area contributed by atoms with Gasteiger partial charge in [0.05, 0.1) is 0 Å². The third-order valence-corrected chi connectivity index (χ3v) is 4.32. The van der Waals surface area contributed by atoms with E-state index in [4.69, 9.17) is 0 Å². The van der Waals surface area contributed by atoms with Crippen LogP contribution in [0, 0.1) is 5.92 Å². The highest BCUT2D eigenvalue weighted by molar-refractivity contribution is 5.85. The van der Waals surface area contributed by atoms with Crippen LogP contribution in [0.1, 0.15) is 38.2 Å². The third-order valence-electron chi connectivity index (χ3n) is 4.32. The van der Waals surface area contributed by atoms with Crippen molar-refractivity contribution >= 4 is 10.8 Å². The van der Waals surface area contributed by atoms with E-state index in [0.29, 0.717) is 6.04 Å². The van der Waals surface area contributed by atoms with Gasteiger partial charge in [0.2, 0.25) is 0 Å². The predicted molar refractivity (Wildman–Crippen MR) is 80.3 cm³/mol. The van der Waals surface area contributed by atoms with Gasteiger partial charge in [-0.3, -0.25) is 4.98 Å². The maximum atomic E-state index is 4.22. The monoisotopic (exact) mass is 254 g/mol. The maximum Gasteiger partial charge on any atom is 0.0346 e. The molecular weight excluding hydrogens is 232 g/mol. The molecule has 1 saturated carbocycles. The Morgan fingerprint density at radius 2 is 2.16 bits per heavy atom. The Labute approximate surface area is 115 Å². The van der Waals surface area contributed by atoms with Gasteiger partial charge in [0.1, 0.15) is 0 Å². The van der Waals surface area contributed by atoms with E-state index in [2.05, 4.69) is 48.4 Å².